The number of rotatable bonds is 4. The molecule has 1 heterocycles. The number of para-hydroxylation sites is 1. The molecule has 22 heavy (non-hydrogen) atoms. The third kappa shape index (κ3) is 2.92. The molecule has 2 aromatic carbocycles. The summed E-state index contributed by atoms with van der Waals surface area (Å²) in [7, 11) is 0. The predicted molar refractivity (Wildman–Crippen MR) is 89.3 cm³/mol. The fourth-order valence-electron chi connectivity index (χ4n) is 2.25. The van der Waals surface area contributed by atoms with Crippen LogP contribution < -0.4 is 9.47 Å². The average Bonchev–Trinajstić information content (AvgIpc) is 2.83. The maximum Gasteiger partial charge on any atom is 0.232 e. The van der Waals surface area contributed by atoms with Crippen LogP contribution in [0.5, 0.6) is 11.5 Å². The number of Topliss-reactive ketones (excluding diaryl/α,β-unsaturated/α-hetero) is 1. The third-order valence-corrected chi connectivity index (χ3v) is 3.79. The topological polar surface area (TPSA) is 35.5 Å². The Bertz CT molecular complexity index is 750. The van der Waals surface area contributed by atoms with Crippen LogP contribution in [0, 0.1) is 0 Å². The standard InChI is InChI=1S/C18H15BrO3/c1-2-9-21-15-6-4-3-5-12(15)10-17-18(20)14-11-13(19)7-8-16(14)22-17/h3-8,10-11H,2,9H2,1H3/b17-10-. The molecule has 0 spiro atoms. The minimum absolute atomic E-state index is 0.110. The van der Waals surface area contributed by atoms with Crippen molar-refractivity contribution in [2.45, 2.75) is 13.3 Å². The maximum absolute atomic E-state index is 12.4. The second kappa shape index (κ2) is 6.36. The van der Waals surface area contributed by atoms with Crippen molar-refractivity contribution >= 4 is 27.8 Å². The number of hydrogen-bond acceptors (Lipinski definition) is 3. The molecule has 0 saturated carbocycles. The number of carbonyl (C=O) groups is 1. The second-order valence-corrected chi connectivity index (χ2v) is 5.88. The van der Waals surface area contributed by atoms with Gasteiger partial charge in [0.2, 0.25) is 5.78 Å². The lowest BCUT2D eigenvalue weighted by Gasteiger charge is -2.08. The van der Waals surface area contributed by atoms with Crippen molar-refractivity contribution in [3.8, 4) is 11.5 Å². The lowest BCUT2D eigenvalue weighted by atomic mass is 10.1. The van der Waals surface area contributed by atoms with Gasteiger partial charge in [-0.15, -0.1) is 0 Å². The highest BCUT2D eigenvalue weighted by Gasteiger charge is 2.27. The first-order chi connectivity index (χ1) is 10.7. The summed E-state index contributed by atoms with van der Waals surface area (Å²) in [6, 6.07) is 13.0. The van der Waals surface area contributed by atoms with E-state index in [4.69, 9.17) is 9.47 Å². The fourth-order valence-corrected chi connectivity index (χ4v) is 2.61. The molecule has 4 heteroatoms. The van der Waals surface area contributed by atoms with Gasteiger partial charge in [-0.25, -0.2) is 0 Å². The van der Waals surface area contributed by atoms with Gasteiger partial charge in [0.25, 0.3) is 0 Å². The van der Waals surface area contributed by atoms with Gasteiger partial charge in [-0.2, -0.15) is 0 Å². The molecule has 0 unspecified atom stereocenters. The molecule has 0 saturated heterocycles. The number of halogens is 1. The first kappa shape index (κ1) is 14.9. The minimum Gasteiger partial charge on any atom is -0.493 e. The van der Waals surface area contributed by atoms with E-state index in [-0.39, 0.29) is 5.78 Å². The van der Waals surface area contributed by atoms with Crippen molar-refractivity contribution in [3.63, 3.8) is 0 Å². The Balaban J connectivity index is 1.93. The lowest BCUT2D eigenvalue weighted by Crippen LogP contribution is -2.00. The van der Waals surface area contributed by atoms with Crippen LogP contribution in [0.2, 0.25) is 0 Å². The number of benzene rings is 2. The van der Waals surface area contributed by atoms with Gasteiger partial charge in [0.05, 0.1) is 12.2 Å². The zero-order valence-electron chi connectivity index (χ0n) is 12.1. The quantitative estimate of drug-likeness (QED) is 0.732. The van der Waals surface area contributed by atoms with Crippen LogP contribution in [0.25, 0.3) is 6.08 Å². The van der Waals surface area contributed by atoms with Crippen LogP contribution in [0.15, 0.2) is 52.7 Å². The van der Waals surface area contributed by atoms with Gasteiger partial charge >= 0.3 is 0 Å². The Labute approximate surface area is 137 Å². The van der Waals surface area contributed by atoms with Crippen molar-refractivity contribution in [1.82, 2.24) is 0 Å². The molecule has 0 aromatic heterocycles. The zero-order chi connectivity index (χ0) is 15.5. The van der Waals surface area contributed by atoms with E-state index >= 15 is 0 Å². The maximum atomic E-state index is 12.4. The van der Waals surface area contributed by atoms with Gasteiger partial charge in [-0.1, -0.05) is 41.1 Å². The number of hydrogen-bond donors (Lipinski definition) is 0. The van der Waals surface area contributed by atoms with Crippen LogP contribution in [-0.4, -0.2) is 12.4 Å². The Kier molecular flexibility index (Phi) is 4.29. The Morgan fingerprint density at radius 2 is 2.05 bits per heavy atom. The fraction of sp³-hybridized carbons (Fsp3) is 0.167. The highest BCUT2D eigenvalue weighted by molar-refractivity contribution is 9.10. The summed E-state index contributed by atoms with van der Waals surface area (Å²) in [4.78, 5) is 12.4. The van der Waals surface area contributed by atoms with Crippen molar-refractivity contribution in [2.24, 2.45) is 0 Å². The van der Waals surface area contributed by atoms with E-state index in [0.717, 1.165) is 22.2 Å². The Morgan fingerprint density at radius 1 is 1.23 bits per heavy atom. The van der Waals surface area contributed by atoms with Crippen LogP contribution in [0.1, 0.15) is 29.3 Å². The third-order valence-electron chi connectivity index (χ3n) is 3.30. The number of fused-ring (bicyclic) bond motifs is 1. The molecule has 0 atom stereocenters. The van der Waals surface area contributed by atoms with E-state index in [9.17, 15) is 4.79 Å². The monoisotopic (exact) mass is 358 g/mol. The first-order valence-electron chi connectivity index (χ1n) is 7.14. The smallest absolute Gasteiger partial charge is 0.232 e. The van der Waals surface area contributed by atoms with Gasteiger partial charge < -0.3 is 9.47 Å². The predicted octanol–water partition coefficient (Wildman–Crippen LogP) is 4.85. The molecule has 2 aromatic rings. The van der Waals surface area contributed by atoms with Crippen LogP contribution >= 0.6 is 15.9 Å². The molecule has 0 fully saturated rings. The van der Waals surface area contributed by atoms with Crippen molar-refractivity contribution < 1.29 is 14.3 Å². The SMILES string of the molecule is CCCOc1ccccc1/C=C1\Oc2ccc(Br)cc2C1=O. The Hall–Kier alpha value is -2.07. The second-order valence-electron chi connectivity index (χ2n) is 4.97. The highest BCUT2D eigenvalue weighted by Crippen LogP contribution is 2.34. The molecule has 1 aliphatic rings. The molecule has 1 aliphatic heterocycles. The summed E-state index contributed by atoms with van der Waals surface area (Å²) in [5, 5.41) is 0. The van der Waals surface area contributed by atoms with E-state index < -0.39 is 0 Å². The van der Waals surface area contributed by atoms with E-state index in [1.807, 2.05) is 30.3 Å². The summed E-state index contributed by atoms with van der Waals surface area (Å²) >= 11 is 3.37. The van der Waals surface area contributed by atoms with E-state index in [0.29, 0.717) is 23.7 Å². The van der Waals surface area contributed by atoms with Crippen LogP contribution in [0.3, 0.4) is 0 Å². The number of ketones is 1. The highest BCUT2D eigenvalue weighted by atomic mass is 79.9. The number of carbonyl (C=O) groups excluding carboxylic acids is 1. The van der Waals surface area contributed by atoms with Crippen molar-refractivity contribution in [2.75, 3.05) is 6.61 Å². The van der Waals surface area contributed by atoms with Gasteiger partial charge in [0.1, 0.15) is 11.5 Å². The Morgan fingerprint density at radius 3 is 2.86 bits per heavy atom. The van der Waals surface area contributed by atoms with Gasteiger partial charge in [-0.05, 0) is 36.8 Å². The van der Waals surface area contributed by atoms with Gasteiger partial charge in [0.15, 0.2) is 5.76 Å². The van der Waals surface area contributed by atoms with Crippen LogP contribution in [0.4, 0.5) is 0 Å². The summed E-state index contributed by atoms with van der Waals surface area (Å²) < 4.78 is 12.2. The summed E-state index contributed by atoms with van der Waals surface area (Å²) in [5.41, 5.74) is 1.42. The van der Waals surface area contributed by atoms with Gasteiger partial charge in [-0.3, -0.25) is 4.79 Å². The molecule has 112 valence electrons. The van der Waals surface area contributed by atoms with Crippen molar-refractivity contribution in [3.05, 3.63) is 63.8 Å². The minimum atomic E-state index is -0.110. The van der Waals surface area contributed by atoms with E-state index in [1.165, 1.54) is 0 Å². The van der Waals surface area contributed by atoms with Gasteiger partial charge in [0, 0.05) is 10.0 Å². The lowest BCUT2D eigenvalue weighted by molar-refractivity contribution is 0.101. The number of ether oxygens (including phenoxy) is 2. The summed E-state index contributed by atoms with van der Waals surface area (Å²) in [6.07, 6.45) is 2.67. The van der Waals surface area contributed by atoms with E-state index in [2.05, 4.69) is 22.9 Å². The zero-order valence-corrected chi connectivity index (χ0v) is 13.7. The van der Waals surface area contributed by atoms with Crippen LogP contribution in [-0.2, 0) is 0 Å². The summed E-state index contributed by atoms with van der Waals surface area (Å²) in [6.45, 7) is 2.70. The molecule has 0 bridgehead atoms. The summed E-state index contributed by atoms with van der Waals surface area (Å²) in [5.74, 6) is 1.55. The molecule has 0 N–H and O–H groups in total. The average molecular weight is 359 g/mol. The molecular formula is C18H15BrO3. The molecule has 0 radical (unpaired) electrons. The molecular weight excluding hydrogens is 344 g/mol. The number of allylic oxidation sites excluding steroid dienone is 1. The molecule has 3 rings (SSSR count). The molecule has 0 amide bonds. The largest absolute Gasteiger partial charge is 0.493 e. The normalized spacial score (nSPS) is 14.8. The van der Waals surface area contributed by atoms with Crippen molar-refractivity contribution in [1.29, 1.82) is 0 Å². The molecule has 0 aliphatic carbocycles. The van der Waals surface area contributed by atoms with E-state index in [1.54, 1.807) is 18.2 Å². The molecule has 3 nitrogen and oxygen atoms in total. The first-order valence-corrected chi connectivity index (χ1v) is 7.94.